The highest BCUT2D eigenvalue weighted by Gasteiger charge is 2.43. The lowest BCUT2D eigenvalue weighted by Crippen LogP contribution is -2.58. The molecule has 13 heavy (non-hydrogen) atoms. The molecule has 3 N–H and O–H groups in total. The molecule has 1 aliphatic heterocycles. The molecule has 0 bridgehead atoms. The summed E-state index contributed by atoms with van der Waals surface area (Å²) in [5.41, 5.74) is 0. The van der Waals surface area contributed by atoms with E-state index in [0.29, 0.717) is 0 Å². The van der Waals surface area contributed by atoms with Gasteiger partial charge >= 0.3 is 0 Å². The zero-order valence-corrected chi connectivity index (χ0v) is 7.54. The molecule has 5 heteroatoms. The SMILES string of the molecule is CC(=O)C1O[C@H](C)C(O)C(O)[C@@H]1O. The molecule has 5 atom stereocenters. The van der Waals surface area contributed by atoms with Crippen molar-refractivity contribution >= 4 is 5.78 Å². The highest BCUT2D eigenvalue weighted by Crippen LogP contribution is 2.21. The molecule has 3 unspecified atom stereocenters. The van der Waals surface area contributed by atoms with E-state index in [1.165, 1.54) is 13.8 Å². The van der Waals surface area contributed by atoms with Gasteiger partial charge in [0.2, 0.25) is 0 Å². The average Bonchev–Trinajstić information content (AvgIpc) is 2.07. The summed E-state index contributed by atoms with van der Waals surface area (Å²) in [7, 11) is 0. The van der Waals surface area contributed by atoms with Gasteiger partial charge in [0.25, 0.3) is 0 Å². The summed E-state index contributed by atoms with van der Waals surface area (Å²) in [6.07, 6.45) is -5.49. The number of carbonyl (C=O) groups is 1. The number of Topliss-reactive ketones (excluding diaryl/α,β-unsaturated/α-hetero) is 1. The van der Waals surface area contributed by atoms with Gasteiger partial charge in [-0.2, -0.15) is 0 Å². The first-order valence-corrected chi connectivity index (χ1v) is 4.15. The van der Waals surface area contributed by atoms with Gasteiger partial charge in [0.15, 0.2) is 5.78 Å². The van der Waals surface area contributed by atoms with Gasteiger partial charge < -0.3 is 20.1 Å². The Hall–Kier alpha value is -0.490. The lowest BCUT2D eigenvalue weighted by atomic mass is 9.94. The van der Waals surface area contributed by atoms with Crippen molar-refractivity contribution in [3.8, 4) is 0 Å². The number of ether oxygens (including phenoxy) is 1. The van der Waals surface area contributed by atoms with Crippen LogP contribution in [0.1, 0.15) is 13.8 Å². The Morgan fingerprint density at radius 1 is 1.15 bits per heavy atom. The number of carbonyl (C=O) groups excluding carboxylic acids is 1. The summed E-state index contributed by atoms with van der Waals surface area (Å²) in [5, 5.41) is 27.9. The van der Waals surface area contributed by atoms with Gasteiger partial charge in [-0.25, -0.2) is 0 Å². The van der Waals surface area contributed by atoms with Crippen LogP contribution in [-0.2, 0) is 9.53 Å². The number of rotatable bonds is 1. The van der Waals surface area contributed by atoms with Gasteiger partial charge in [-0.3, -0.25) is 4.79 Å². The van der Waals surface area contributed by atoms with E-state index >= 15 is 0 Å². The predicted octanol–water partition coefficient (Wildman–Crippen LogP) is -1.55. The predicted molar refractivity (Wildman–Crippen MR) is 43.0 cm³/mol. The average molecular weight is 190 g/mol. The van der Waals surface area contributed by atoms with Crippen molar-refractivity contribution in [3.05, 3.63) is 0 Å². The van der Waals surface area contributed by atoms with Gasteiger partial charge in [-0.1, -0.05) is 0 Å². The molecule has 0 aliphatic carbocycles. The Labute approximate surface area is 75.9 Å². The summed E-state index contributed by atoms with van der Waals surface area (Å²) in [6.45, 7) is 2.81. The number of aliphatic hydroxyl groups excluding tert-OH is 3. The molecule has 1 rings (SSSR count). The molecule has 0 saturated carbocycles. The molecule has 0 radical (unpaired) electrons. The standard InChI is InChI=1S/C8H14O5/c1-3(9)8-7(12)6(11)5(10)4(2)13-8/h4-8,10-12H,1-2H3/t4-,5?,6?,7+,8?/m1/s1. The third kappa shape index (κ3) is 1.88. The van der Waals surface area contributed by atoms with Crippen molar-refractivity contribution in [1.82, 2.24) is 0 Å². The lowest BCUT2D eigenvalue weighted by Gasteiger charge is -2.38. The first kappa shape index (κ1) is 10.6. The highest BCUT2D eigenvalue weighted by atomic mass is 16.5. The maximum absolute atomic E-state index is 10.9. The smallest absolute Gasteiger partial charge is 0.161 e. The van der Waals surface area contributed by atoms with Crippen LogP contribution in [0.15, 0.2) is 0 Å². The van der Waals surface area contributed by atoms with E-state index < -0.39 is 30.5 Å². The third-order valence-corrected chi connectivity index (χ3v) is 2.25. The van der Waals surface area contributed by atoms with Crippen LogP contribution in [0.25, 0.3) is 0 Å². The molecule has 1 heterocycles. The monoisotopic (exact) mass is 190 g/mol. The Kier molecular flexibility index (Phi) is 3.02. The second-order valence-electron chi connectivity index (χ2n) is 3.34. The van der Waals surface area contributed by atoms with E-state index in [9.17, 15) is 20.1 Å². The van der Waals surface area contributed by atoms with Crippen LogP contribution >= 0.6 is 0 Å². The van der Waals surface area contributed by atoms with Crippen LogP contribution in [0.5, 0.6) is 0 Å². The Morgan fingerprint density at radius 2 is 1.69 bits per heavy atom. The number of hydrogen-bond acceptors (Lipinski definition) is 5. The molecule has 1 fully saturated rings. The maximum Gasteiger partial charge on any atom is 0.161 e. The first-order chi connectivity index (χ1) is 5.95. The fraction of sp³-hybridized carbons (Fsp3) is 0.875. The van der Waals surface area contributed by atoms with Gasteiger partial charge in [0.05, 0.1) is 6.10 Å². The van der Waals surface area contributed by atoms with Crippen molar-refractivity contribution in [1.29, 1.82) is 0 Å². The van der Waals surface area contributed by atoms with Crippen molar-refractivity contribution in [2.24, 2.45) is 0 Å². The minimum atomic E-state index is -1.34. The van der Waals surface area contributed by atoms with Gasteiger partial charge in [-0.15, -0.1) is 0 Å². The van der Waals surface area contributed by atoms with E-state index in [0.717, 1.165) is 0 Å². The molecule has 76 valence electrons. The van der Waals surface area contributed by atoms with Crippen molar-refractivity contribution in [3.63, 3.8) is 0 Å². The molecule has 0 amide bonds. The van der Waals surface area contributed by atoms with Crippen LogP contribution in [0, 0.1) is 0 Å². The minimum Gasteiger partial charge on any atom is -0.388 e. The molecule has 0 aromatic heterocycles. The number of ketones is 1. The van der Waals surface area contributed by atoms with Gasteiger partial charge in [0.1, 0.15) is 24.4 Å². The van der Waals surface area contributed by atoms with Crippen LogP contribution in [0.4, 0.5) is 0 Å². The second kappa shape index (κ2) is 3.71. The van der Waals surface area contributed by atoms with Gasteiger partial charge in [-0.05, 0) is 13.8 Å². The molecule has 0 aromatic rings. The van der Waals surface area contributed by atoms with Crippen LogP contribution in [-0.4, -0.2) is 51.6 Å². The second-order valence-corrected chi connectivity index (χ2v) is 3.34. The van der Waals surface area contributed by atoms with Crippen molar-refractivity contribution in [2.45, 2.75) is 44.4 Å². The van der Waals surface area contributed by atoms with E-state index in [1.54, 1.807) is 0 Å². The van der Waals surface area contributed by atoms with E-state index in [-0.39, 0.29) is 5.78 Å². The fourth-order valence-corrected chi connectivity index (χ4v) is 1.39. The molecule has 0 spiro atoms. The zero-order valence-electron chi connectivity index (χ0n) is 7.54. The Morgan fingerprint density at radius 3 is 2.15 bits per heavy atom. The third-order valence-electron chi connectivity index (χ3n) is 2.25. The quantitative estimate of drug-likeness (QED) is 0.466. The lowest BCUT2D eigenvalue weighted by molar-refractivity contribution is -0.214. The summed E-state index contributed by atoms with van der Waals surface area (Å²) >= 11 is 0. The summed E-state index contributed by atoms with van der Waals surface area (Å²) in [4.78, 5) is 10.9. The van der Waals surface area contributed by atoms with Crippen LogP contribution in [0.3, 0.4) is 0 Å². The van der Waals surface area contributed by atoms with Crippen LogP contribution in [0.2, 0.25) is 0 Å². The van der Waals surface area contributed by atoms with E-state index in [1.807, 2.05) is 0 Å². The fourth-order valence-electron chi connectivity index (χ4n) is 1.39. The van der Waals surface area contributed by atoms with Crippen LogP contribution < -0.4 is 0 Å². The molecular weight excluding hydrogens is 176 g/mol. The Balaban J connectivity index is 2.76. The summed E-state index contributed by atoms with van der Waals surface area (Å²) in [6, 6.07) is 0. The number of hydrogen-bond donors (Lipinski definition) is 3. The van der Waals surface area contributed by atoms with E-state index in [4.69, 9.17) is 4.74 Å². The van der Waals surface area contributed by atoms with E-state index in [2.05, 4.69) is 0 Å². The molecule has 1 saturated heterocycles. The molecule has 5 nitrogen and oxygen atoms in total. The topological polar surface area (TPSA) is 87.0 Å². The zero-order chi connectivity index (χ0) is 10.2. The molecular formula is C8H14O5. The van der Waals surface area contributed by atoms with Crippen molar-refractivity contribution in [2.75, 3.05) is 0 Å². The maximum atomic E-state index is 10.9. The molecule has 0 aromatic carbocycles. The summed E-state index contributed by atoms with van der Waals surface area (Å²) < 4.78 is 5.03. The largest absolute Gasteiger partial charge is 0.388 e. The molecule has 1 aliphatic rings. The Bertz CT molecular complexity index is 205. The minimum absolute atomic E-state index is 0.356. The normalized spacial score (nSPS) is 46.1. The number of aliphatic hydroxyl groups is 3. The summed E-state index contributed by atoms with van der Waals surface area (Å²) in [5.74, 6) is -0.356. The van der Waals surface area contributed by atoms with Crippen molar-refractivity contribution < 1.29 is 24.9 Å². The highest BCUT2D eigenvalue weighted by molar-refractivity contribution is 5.81. The first-order valence-electron chi connectivity index (χ1n) is 4.15. The van der Waals surface area contributed by atoms with Gasteiger partial charge in [0, 0.05) is 0 Å².